The molecule has 7 heteroatoms. The van der Waals surface area contributed by atoms with Crippen molar-refractivity contribution in [2.45, 2.75) is 30.6 Å². The van der Waals surface area contributed by atoms with E-state index in [2.05, 4.69) is 4.98 Å². The molecule has 1 N–H and O–H groups in total. The van der Waals surface area contributed by atoms with Crippen LogP contribution in [0.25, 0.3) is 0 Å². The summed E-state index contributed by atoms with van der Waals surface area (Å²) in [6, 6.07) is 2.96. The topological polar surface area (TPSA) is 79.7 Å². The maximum atomic E-state index is 12.3. The lowest BCUT2D eigenvalue weighted by Crippen LogP contribution is -2.34. The minimum absolute atomic E-state index is 0.00908. The van der Waals surface area contributed by atoms with E-state index in [1.54, 1.807) is 6.07 Å². The summed E-state index contributed by atoms with van der Waals surface area (Å²) in [5.41, 5.74) is 0.584. The van der Waals surface area contributed by atoms with Crippen LogP contribution in [0.3, 0.4) is 0 Å². The Kier molecular flexibility index (Phi) is 4.51. The van der Waals surface area contributed by atoms with E-state index < -0.39 is 10.0 Å². The van der Waals surface area contributed by atoms with E-state index in [1.807, 2.05) is 0 Å². The first-order chi connectivity index (χ1) is 9.04. The van der Waals surface area contributed by atoms with Crippen LogP contribution in [-0.2, 0) is 21.4 Å². The first kappa shape index (κ1) is 14.4. The Morgan fingerprint density at radius 2 is 2.32 bits per heavy atom. The summed E-state index contributed by atoms with van der Waals surface area (Å²) in [4.78, 5) is 3.89. The normalized spacial score (nSPS) is 20.1. The summed E-state index contributed by atoms with van der Waals surface area (Å²) >= 11 is 0. The van der Waals surface area contributed by atoms with Gasteiger partial charge in [-0.1, -0.05) is 6.07 Å². The monoisotopic (exact) mass is 286 g/mol. The molecule has 1 saturated heterocycles. The Morgan fingerprint density at radius 3 is 2.84 bits per heavy atom. The van der Waals surface area contributed by atoms with Crippen LogP contribution < -0.4 is 0 Å². The molecule has 1 aromatic heterocycles. The van der Waals surface area contributed by atoms with Crippen molar-refractivity contribution in [3.63, 3.8) is 0 Å². The molecular formula is C12H18N2O4S. The van der Waals surface area contributed by atoms with Crippen molar-refractivity contribution in [1.29, 1.82) is 0 Å². The third-order valence-corrected chi connectivity index (χ3v) is 4.88. The molecule has 106 valence electrons. The standard InChI is InChI=1S/C12H18N2O4S/c1-14(8-11-3-2-6-18-11)19(16,17)12-5-4-10(9-15)7-13-12/h4-5,7,11,15H,2-3,6,8-9H2,1H3. The Labute approximate surface area is 113 Å². The molecular weight excluding hydrogens is 268 g/mol. The number of likely N-dealkylation sites (N-methyl/N-ethyl adjacent to an activating group) is 1. The predicted molar refractivity (Wildman–Crippen MR) is 68.9 cm³/mol. The van der Waals surface area contributed by atoms with Crippen molar-refractivity contribution < 1.29 is 18.3 Å². The smallest absolute Gasteiger partial charge is 0.260 e. The van der Waals surface area contributed by atoms with Gasteiger partial charge in [0.05, 0.1) is 12.7 Å². The van der Waals surface area contributed by atoms with Gasteiger partial charge in [-0.05, 0) is 24.5 Å². The van der Waals surface area contributed by atoms with Crippen molar-refractivity contribution in [3.05, 3.63) is 23.9 Å². The average Bonchev–Trinajstić information content (AvgIpc) is 2.91. The minimum Gasteiger partial charge on any atom is -0.392 e. The molecule has 1 aliphatic rings. The largest absolute Gasteiger partial charge is 0.392 e. The number of nitrogens with zero attached hydrogens (tertiary/aromatic N) is 2. The number of aliphatic hydroxyl groups is 1. The highest BCUT2D eigenvalue weighted by Crippen LogP contribution is 2.17. The summed E-state index contributed by atoms with van der Waals surface area (Å²) in [6.45, 7) is 0.882. The van der Waals surface area contributed by atoms with E-state index in [0.29, 0.717) is 18.7 Å². The van der Waals surface area contributed by atoms with Crippen LogP contribution in [0.15, 0.2) is 23.4 Å². The fourth-order valence-corrected chi connectivity index (χ4v) is 3.10. The van der Waals surface area contributed by atoms with Crippen molar-refractivity contribution in [2.24, 2.45) is 0 Å². The summed E-state index contributed by atoms with van der Waals surface area (Å²) < 4.78 is 31.2. The number of hydrogen-bond acceptors (Lipinski definition) is 5. The summed E-state index contributed by atoms with van der Waals surface area (Å²) in [7, 11) is -2.06. The van der Waals surface area contributed by atoms with Gasteiger partial charge in [0, 0.05) is 26.4 Å². The van der Waals surface area contributed by atoms with Gasteiger partial charge in [-0.15, -0.1) is 0 Å². The maximum Gasteiger partial charge on any atom is 0.260 e. The Balaban J connectivity index is 2.10. The molecule has 6 nitrogen and oxygen atoms in total. The molecule has 0 spiro atoms. The second kappa shape index (κ2) is 5.96. The van der Waals surface area contributed by atoms with Gasteiger partial charge in [0.15, 0.2) is 5.03 Å². The summed E-state index contributed by atoms with van der Waals surface area (Å²) in [5.74, 6) is 0. The number of ether oxygens (including phenoxy) is 1. The second-order valence-electron chi connectivity index (χ2n) is 4.58. The van der Waals surface area contributed by atoms with E-state index in [4.69, 9.17) is 9.84 Å². The van der Waals surface area contributed by atoms with E-state index in [9.17, 15) is 8.42 Å². The highest BCUT2D eigenvalue weighted by atomic mass is 32.2. The predicted octanol–water partition coefficient (Wildman–Crippen LogP) is 0.373. The van der Waals surface area contributed by atoms with Gasteiger partial charge in [0.1, 0.15) is 0 Å². The van der Waals surface area contributed by atoms with Gasteiger partial charge in [-0.2, -0.15) is 4.31 Å². The van der Waals surface area contributed by atoms with Crippen molar-refractivity contribution in [1.82, 2.24) is 9.29 Å². The molecule has 0 aromatic carbocycles. The molecule has 0 radical (unpaired) electrons. The van der Waals surface area contributed by atoms with Crippen LogP contribution >= 0.6 is 0 Å². The first-order valence-electron chi connectivity index (χ1n) is 6.18. The summed E-state index contributed by atoms with van der Waals surface area (Å²) in [6.07, 6.45) is 3.20. The number of aromatic nitrogens is 1. The van der Waals surface area contributed by atoms with Gasteiger partial charge in [-0.25, -0.2) is 13.4 Å². The van der Waals surface area contributed by atoms with Crippen LogP contribution in [0.4, 0.5) is 0 Å². The Bertz CT molecular complexity index is 509. The third-order valence-electron chi connectivity index (χ3n) is 3.14. The van der Waals surface area contributed by atoms with Crippen molar-refractivity contribution >= 4 is 10.0 Å². The van der Waals surface area contributed by atoms with Crippen molar-refractivity contribution in [3.8, 4) is 0 Å². The maximum absolute atomic E-state index is 12.3. The van der Waals surface area contributed by atoms with Gasteiger partial charge < -0.3 is 9.84 Å². The Hall–Kier alpha value is -1.02. The zero-order chi connectivity index (χ0) is 13.9. The molecule has 1 fully saturated rings. The van der Waals surface area contributed by atoms with Gasteiger partial charge >= 0.3 is 0 Å². The van der Waals surface area contributed by atoms with Crippen LogP contribution in [0.5, 0.6) is 0 Å². The van der Waals surface area contributed by atoms with E-state index >= 15 is 0 Å². The lowest BCUT2D eigenvalue weighted by molar-refractivity contribution is 0.0978. The number of sulfonamides is 1. The fourth-order valence-electron chi connectivity index (χ4n) is 1.99. The lowest BCUT2D eigenvalue weighted by Gasteiger charge is -2.20. The van der Waals surface area contributed by atoms with E-state index in [1.165, 1.54) is 23.6 Å². The highest BCUT2D eigenvalue weighted by molar-refractivity contribution is 7.89. The number of pyridine rings is 1. The molecule has 1 aromatic rings. The van der Waals surface area contributed by atoms with Crippen LogP contribution in [-0.4, -0.2) is 49.1 Å². The lowest BCUT2D eigenvalue weighted by atomic mass is 10.2. The molecule has 19 heavy (non-hydrogen) atoms. The number of rotatable bonds is 5. The van der Waals surface area contributed by atoms with Gasteiger partial charge in [0.25, 0.3) is 10.0 Å². The second-order valence-corrected chi connectivity index (χ2v) is 6.58. The highest BCUT2D eigenvalue weighted by Gasteiger charge is 2.26. The van der Waals surface area contributed by atoms with E-state index in [-0.39, 0.29) is 17.7 Å². The number of hydrogen-bond donors (Lipinski definition) is 1. The average molecular weight is 286 g/mol. The van der Waals surface area contributed by atoms with Gasteiger partial charge in [0.2, 0.25) is 0 Å². The molecule has 1 atom stereocenters. The zero-order valence-corrected chi connectivity index (χ0v) is 11.6. The van der Waals surface area contributed by atoms with Gasteiger partial charge in [-0.3, -0.25) is 0 Å². The molecule has 2 heterocycles. The van der Waals surface area contributed by atoms with E-state index in [0.717, 1.165) is 12.8 Å². The molecule has 0 aliphatic carbocycles. The fraction of sp³-hybridized carbons (Fsp3) is 0.583. The third kappa shape index (κ3) is 3.30. The first-order valence-corrected chi connectivity index (χ1v) is 7.62. The molecule has 0 bridgehead atoms. The quantitative estimate of drug-likeness (QED) is 0.846. The van der Waals surface area contributed by atoms with Crippen LogP contribution in [0.2, 0.25) is 0 Å². The number of aliphatic hydroxyl groups excluding tert-OH is 1. The SMILES string of the molecule is CN(CC1CCCO1)S(=O)(=O)c1ccc(CO)cn1. The summed E-state index contributed by atoms with van der Waals surface area (Å²) in [5, 5.41) is 8.90. The molecule has 0 amide bonds. The van der Waals surface area contributed by atoms with Crippen molar-refractivity contribution in [2.75, 3.05) is 20.2 Å². The molecule has 1 aliphatic heterocycles. The van der Waals surface area contributed by atoms with Crippen LogP contribution in [0, 0.1) is 0 Å². The zero-order valence-electron chi connectivity index (χ0n) is 10.8. The molecule has 1 unspecified atom stereocenters. The minimum atomic E-state index is -3.59. The molecule has 0 saturated carbocycles. The molecule has 2 rings (SSSR count). The van der Waals surface area contributed by atoms with Crippen LogP contribution in [0.1, 0.15) is 18.4 Å². The Morgan fingerprint density at radius 1 is 1.53 bits per heavy atom.